The predicted octanol–water partition coefficient (Wildman–Crippen LogP) is 0.699. The van der Waals surface area contributed by atoms with Gasteiger partial charge in [0.25, 0.3) is 0 Å². The molecule has 0 aliphatic rings. The minimum atomic E-state index is -0.983. The van der Waals surface area contributed by atoms with E-state index in [0.717, 1.165) is 0 Å². The van der Waals surface area contributed by atoms with Crippen molar-refractivity contribution >= 4 is 5.91 Å². The lowest BCUT2D eigenvalue weighted by Gasteiger charge is -2.16. The molecule has 0 radical (unpaired) electrons. The molecule has 0 fully saturated rings. The van der Waals surface area contributed by atoms with Gasteiger partial charge in [-0.3, -0.25) is 4.79 Å². The smallest absolute Gasteiger partial charge is 0.249 e. The summed E-state index contributed by atoms with van der Waals surface area (Å²) in [6, 6.07) is 0. The molecule has 0 aliphatic carbocycles. The summed E-state index contributed by atoms with van der Waals surface area (Å²) in [6.07, 6.45) is 6.90. The summed E-state index contributed by atoms with van der Waals surface area (Å²) >= 11 is 0. The van der Waals surface area contributed by atoms with E-state index in [-0.39, 0.29) is 11.8 Å². The van der Waals surface area contributed by atoms with Crippen LogP contribution < -0.4 is 5.32 Å². The summed E-state index contributed by atoms with van der Waals surface area (Å²) < 4.78 is 0. The first-order chi connectivity index (χ1) is 6.63. The minimum absolute atomic E-state index is 0.115. The molecule has 2 atom stereocenters. The number of amides is 1. The van der Waals surface area contributed by atoms with Crippen LogP contribution in [-0.4, -0.2) is 23.7 Å². The van der Waals surface area contributed by atoms with Gasteiger partial charge in [-0.15, -0.1) is 18.9 Å². The summed E-state index contributed by atoms with van der Waals surface area (Å²) in [5.74, 6) is 2.00. The largest absolute Gasteiger partial charge is 0.383 e. The maximum atomic E-state index is 11.2. The van der Waals surface area contributed by atoms with Gasteiger partial charge in [0.1, 0.15) is 6.10 Å². The van der Waals surface area contributed by atoms with Gasteiger partial charge >= 0.3 is 0 Å². The Hall–Kier alpha value is -1.27. The van der Waals surface area contributed by atoms with Crippen molar-refractivity contribution in [2.24, 2.45) is 5.92 Å². The number of hydrogen-bond donors (Lipinski definition) is 2. The molecule has 0 aromatic heterocycles. The molecule has 0 rings (SSSR count). The molecule has 2 N–H and O–H groups in total. The number of terminal acetylenes is 1. The van der Waals surface area contributed by atoms with Gasteiger partial charge in [-0.2, -0.15) is 0 Å². The third-order valence-corrected chi connectivity index (χ3v) is 1.97. The Morgan fingerprint density at radius 3 is 2.93 bits per heavy atom. The molecule has 14 heavy (non-hydrogen) atoms. The third-order valence-electron chi connectivity index (χ3n) is 1.97. The van der Waals surface area contributed by atoms with Gasteiger partial charge in [-0.05, 0) is 12.3 Å². The van der Waals surface area contributed by atoms with E-state index in [1.165, 1.54) is 0 Å². The number of aliphatic hydroxyl groups excluding tert-OH is 1. The van der Waals surface area contributed by atoms with Crippen molar-refractivity contribution in [1.82, 2.24) is 5.32 Å². The molecule has 1 amide bonds. The van der Waals surface area contributed by atoms with E-state index < -0.39 is 6.10 Å². The molecule has 0 heterocycles. The quantitative estimate of drug-likeness (QED) is 0.484. The van der Waals surface area contributed by atoms with E-state index >= 15 is 0 Å². The summed E-state index contributed by atoms with van der Waals surface area (Å²) in [7, 11) is 0. The van der Waals surface area contributed by atoms with Gasteiger partial charge in [-0.25, -0.2) is 0 Å². The van der Waals surface area contributed by atoms with Crippen LogP contribution in [0.15, 0.2) is 12.7 Å². The number of hydrogen-bond acceptors (Lipinski definition) is 2. The van der Waals surface area contributed by atoms with Crippen molar-refractivity contribution in [2.75, 3.05) is 6.54 Å². The van der Waals surface area contributed by atoms with Crippen LogP contribution in [0.1, 0.15) is 19.8 Å². The fraction of sp³-hybridized carbons (Fsp3) is 0.545. The molecule has 3 nitrogen and oxygen atoms in total. The zero-order valence-corrected chi connectivity index (χ0v) is 8.49. The lowest BCUT2D eigenvalue weighted by molar-refractivity contribution is -0.131. The van der Waals surface area contributed by atoms with Crippen molar-refractivity contribution in [3.8, 4) is 12.3 Å². The second kappa shape index (κ2) is 7.16. The van der Waals surface area contributed by atoms with Gasteiger partial charge < -0.3 is 10.4 Å². The molecule has 0 aromatic carbocycles. The van der Waals surface area contributed by atoms with Crippen LogP contribution in [-0.2, 0) is 4.79 Å². The van der Waals surface area contributed by atoms with Gasteiger partial charge in [0, 0.05) is 13.0 Å². The molecule has 1 unspecified atom stereocenters. The number of rotatable bonds is 6. The van der Waals surface area contributed by atoms with Crippen LogP contribution in [0, 0.1) is 18.3 Å². The highest BCUT2D eigenvalue weighted by Crippen LogP contribution is 2.10. The Balaban J connectivity index is 3.91. The fourth-order valence-corrected chi connectivity index (χ4v) is 1.00. The summed E-state index contributed by atoms with van der Waals surface area (Å²) in [4.78, 5) is 11.2. The SMILES string of the molecule is C#CCC[C@H](C)C(O)C(=O)NCC=C. The molecular formula is C11H17NO2. The van der Waals surface area contributed by atoms with Gasteiger partial charge in [0.2, 0.25) is 5.91 Å². The number of aliphatic hydroxyl groups is 1. The molecular weight excluding hydrogens is 178 g/mol. The zero-order valence-electron chi connectivity index (χ0n) is 8.49. The monoisotopic (exact) mass is 195 g/mol. The Labute approximate surface area is 85.2 Å². The van der Waals surface area contributed by atoms with E-state index in [1.807, 2.05) is 0 Å². The first kappa shape index (κ1) is 12.7. The predicted molar refractivity (Wildman–Crippen MR) is 56.4 cm³/mol. The maximum Gasteiger partial charge on any atom is 0.249 e. The van der Waals surface area contributed by atoms with Crippen LogP contribution in [0.3, 0.4) is 0 Å². The normalized spacial score (nSPS) is 13.8. The van der Waals surface area contributed by atoms with Crippen molar-refractivity contribution in [1.29, 1.82) is 0 Å². The van der Waals surface area contributed by atoms with Crippen LogP contribution in [0.4, 0.5) is 0 Å². The van der Waals surface area contributed by atoms with Crippen LogP contribution in [0.25, 0.3) is 0 Å². The standard InChI is InChI=1S/C11H17NO2/c1-4-6-7-9(3)10(13)11(14)12-8-5-2/h1,5,9-10,13H,2,6-8H2,3H3,(H,12,14)/t9-,10?/m0/s1. The average Bonchev–Trinajstić information content (AvgIpc) is 2.21. The van der Waals surface area contributed by atoms with E-state index in [9.17, 15) is 9.90 Å². The molecule has 0 bridgehead atoms. The maximum absolute atomic E-state index is 11.2. The lowest BCUT2D eigenvalue weighted by atomic mass is 9.98. The molecule has 0 saturated heterocycles. The molecule has 0 aliphatic heterocycles. The highest BCUT2D eigenvalue weighted by molar-refractivity contribution is 5.80. The van der Waals surface area contributed by atoms with E-state index in [2.05, 4.69) is 17.8 Å². The van der Waals surface area contributed by atoms with Crippen LogP contribution in [0.2, 0.25) is 0 Å². The first-order valence-corrected chi connectivity index (χ1v) is 4.63. The minimum Gasteiger partial charge on any atom is -0.383 e. The summed E-state index contributed by atoms with van der Waals surface area (Å²) in [6.45, 7) is 5.64. The number of carbonyl (C=O) groups excluding carboxylic acids is 1. The zero-order chi connectivity index (χ0) is 11.0. The summed E-state index contributed by atoms with van der Waals surface area (Å²) in [5, 5.41) is 12.1. The number of carbonyl (C=O) groups is 1. The van der Waals surface area contributed by atoms with Crippen molar-refractivity contribution in [3.63, 3.8) is 0 Å². The second-order valence-electron chi connectivity index (χ2n) is 3.20. The molecule has 3 heteroatoms. The van der Waals surface area contributed by atoms with Gasteiger partial charge in [-0.1, -0.05) is 13.0 Å². The Morgan fingerprint density at radius 1 is 1.79 bits per heavy atom. The topological polar surface area (TPSA) is 49.3 Å². The van der Waals surface area contributed by atoms with Crippen molar-refractivity contribution in [3.05, 3.63) is 12.7 Å². The van der Waals surface area contributed by atoms with Gasteiger partial charge in [0.15, 0.2) is 0 Å². The molecule has 78 valence electrons. The van der Waals surface area contributed by atoms with Crippen LogP contribution in [0.5, 0.6) is 0 Å². The van der Waals surface area contributed by atoms with E-state index in [4.69, 9.17) is 6.42 Å². The second-order valence-corrected chi connectivity index (χ2v) is 3.20. The van der Waals surface area contributed by atoms with Crippen molar-refractivity contribution in [2.45, 2.75) is 25.9 Å². The van der Waals surface area contributed by atoms with E-state index in [1.54, 1.807) is 13.0 Å². The average molecular weight is 195 g/mol. The Morgan fingerprint density at radius 2 is 2.43 bits per heavy atom. The fourth-order valence-electron chi connectivity index (χ4n) is 1.00. The Kier molecular flexibility index (Phi) is 6.51. The van der Waals surface area contributed by atoms with Crippen molar-refractivity contribution < 1.29 is 9.90 Å². The Bertz CT molecular complexity index is 230. The number of nitrogens with one attached hydrogen (secondary N) is 1. The highest BCUT2D eigenvalue weighted by Gasteiger charge is 2.20. The van der Waals surface area contributed by atoms with Crippen LogP contribution >= 0.6 is 0 Å². The first-order valence-electron chi connectivity index (χ1n) is 4.63. The third kappa shape index (κ3) is 4.68. The summed E-state index contributed by atoms with van der Waals surface area (Å²) in [5.41, 5.74) is 0. The molecule has 0 saturated carbocycles. The lowest BCUT2D eigenvalue weighted by Crippen LogP contribution is -2.38. The highest BCUT2D eigenvalue weighted by atomic mass is 16.3. The molecule has 0 spiro atoms. The van der Waals surface area contributed by atoms with E-state index in [0.29, 0.717) is 19.4 Å². The molecule has 0 aromatic rings. The van der Waals surface area contributed by atoms with Gasteiger partial charge in [0.05, 0.1) is 0 Å².